The molecule has 16 heavy (non-hydrogen) atoms. The summed E-state index contributed by atoms with van der Waals surface area (Å²) in [4.78, 5) is 0. The molecule has 0 radical (unpaired) electrons. The fourth-order valence-electron chi connectivity index (χ4n) is 1.39. The van der Waals surface area contributed by atoms with E-state index in [2.05, 4.69) is 4.52 Å². The first-order valence-corrected chi connectivity index (χ1v) is 7.75. The second-order valence-electron chi connectivity index (χ2n) is 3.15. The molecule has 0 aliphatic carbocycles. The summed E-state index contributed by atoms with van der Waals surface area (Å²) in [5.41, 5.74) is 0.0627. The van der Waals surface area contributed by atoms with Gasteiger partial charge in [0.25, 0.3) is 0 Å². The molecule has 2 unspecified atom stereocenters. The molecule has 0 rings (SSSR count). The van der Waals surface area contributed by atoms with E-state index in [0.29, 0.717) is 13.0 Å². The van der Waals surface area contributed by atoms with Gasteiger partial charge in [0, 0.05) is 31.4 Å². The van der Waals surface area contributed by atoms with Crippen molar-refractivity contribution in [2.24, 2.45) is 0 Å². The van der Waals surface area contributed by atoms with Crippen LogP contribution < -0.4 is 0 Å². The molecule has 8 heteroatoms. The lowest BCUT2D eigenvalue weighted by molar-refractivity contribution is 0.108. The van der Waals surface area contributed by atoms with Crippen LogP contribution in [0, 0.1) is 0 Å². The Hall–Kier alpha value is 0.117. The van der Waals surface area contributed by atoms with Gasteiger partial charge >= 0.3 is 17.1 Å². The van der Waals surface area contributed by atoms with Crippen LogP contribution in [0.25, 0.3) is 0 Å². The van der Waals surface area contributed by atoms with Crippen molar-refractivity contribution in [3.63, 3.8) is 0 Å². The summed E-state index contributed by atoms with van der Waals surface area (Å²) in [5, 5.41) is 0. The third-order valence-corrected chi connectivity index (χ3v) is 6.25. The Bertz CT molecular complexity index is 202. The zero-order valence-corrected chi connectivity index (χ0v) is 12.3. The lowest BCUT2D eigenvalue weighted by Crippen LogP contribution is -2.47. The first kappa shape index (κ1) is 16.1. The van der Waals surface area contributed by atoms with Gasteiger partial charge in [-0.1, -0.05) is 6.92 Å². The third kappa shape index (κ3) is 4.55. The monoisotopic (exact) mass is 271 g/mol. The second-order valence-corrected chi connectivity index (χ2v) is 7.63. The molecule has 0 amide bonds. The summed E-state index contributed by atoms with van der Waals surface area (Å²) >= 11 is 0. The number of rotatable bonds is 9. The molecule has 6 nitrogen and oxygen atoms in total. The van der Waals surface area contributed by atoms with Crippen molar-refractivity contribution >= 4 is 17.1 Å². The van der Waals surface area contributed by atoms with Gasteiger partial charge in [-0.25, -0.2) is 0 Å². The largest absolute Gasteiger partial charge is 0.697 e. The first-order valence-electron chi connectivity index (χ1n) is 4.86. The Labute approximate surface area is 98.5 Å². The van der Waals surface area contributed by atoms with Gasteiger partial charge in [-0.3, -0.25) is 0 Å². The third-order valence-electron chi connectivity index (χ3n) is 2.35. The molecule has 96 valence electrons. The molecular weight excluding hydrogens is 251 g/mol. The molecule has 0 aromatic heterocycles. The van der Waals surface area contributed by atoms with Crippen molar-refractivity contribution in [2.75, 3.05) is 35.0 Å². The Morgan fingerprint density at radius 1 is 1.12 bits per heavy atom. The van der Waals surface area contributed by atoms with Gasteiger partial charge in [-0.2, -0.15) is 0 Å². The van der Waals surface area contributed by atoms with E-state index < -0.39 is 17.1 Å². The van der Waals surface area contributed by atoms with Crippen LogP contribution >= 0.6 is 8.25 Å². The highest BCUT2D eigenvalue weighted by molar-refractivity contribution is 7.33. The van der Waals surface area contributed by atoms with E-state index in [4.69, 9.17) is 17.8 Å². The van der Waals surface area contributed by atoms with Crippen LogP contribution in [0.15, 0.2) is 0 Å². The Morgan fingerprint density at radius 3 is 2.00 bits per heavy atom. The highest BCUT2D eigenvalue weighted by atomic mass is 31.1. The molecular formula is C8H20O6PSi+. The molecule has 0 aliphatic rings. The molecule has 0 spiro atoms. The van der Waals surface area contributed by atoms with Crippen molar-refractivity contribution in [1.82, 2.24) is 0 Å². The van der Waals surface area contributed by atoms with E-state index >= 15 is 0 Å². The minimum absolute atomic E-state index is 0.0627. The van der Waals surface area contributed by atoms with Crippen molar-refractivity contribution < 1.29 is 26.9 Å². The second kappa shape index (κ2) is 8.24. The van der Waals surface area contributed by atoms with E-state index in [-0.39, 0.29) is 5.54 Å². The Balaban J connectivity index is 4.11. The van der Waals surface area contributed by atoms with Crippen LogP contribution in [0.3, 0.4) is 0 Å². The number of hydrogen-bond donors (Lipinski definition) is 0. The Kier molecular flexibility index (Phi) is 8.30. The Morgan fingerprint density at radius 2 is 1.62 bits per heavy atom. The van der Waals surface area contributed by atoms with E-state index in [1.807, 2.05) is 6.92 Å². The molecule has 0 bridgehead atoms. The SMILES string of the molecule is CO[P+](=O)OCCC(C)[Si](OC)(OC)OC. The average Bonchev–Trinajstić information content (AvgIpc) is 2.31. The highest BCUT2D eigenvalue weighted by Gasteiger charge is 2.44. The van der Waals surface area contributed by atoms with Gasteiger partial charge < -0.3 is 13.3 Å². The standard InChI is InChI=1S/C8H20O6PSi/c1-8(6-7-14-15(9)10-2)16(11-3,12-4)13-5/h8H,6-7H2,1-5H3/q+1. The summed E-state index contributed by atoms with van der Waals surface area (Å²) in [5.74, 6) is 0. The maximum Gasteiger partial charge on any atom is 0.697 e. The average molecular weight is 271 g/mol. The molecule has 2 atom stereocenters. The number of hydrogen-bond acceptors (Lipinski definition) is 6. The van der Waals surface area contributed by atoms with Crippen LogP contribution in [0.5, 0.6) is 0 Å². The molecule has 0 fully saturated rings. The lowest BCUT2D eigenvalue weighted by atomic mass is 10.3. The molecule has 0 aromatic rings. The summed E-state index contributed by atoms with van der Waals surface area (Å²) in [7, 11) is 1.39. The zero-order valence-electron chi connectivity index (χ0n) is 10.4. The van der Waals surface area contributed by atoms with E-state index in [0.717, 1.165) is 0 Å². The van der Waals surface area contributed by atoms with Gasteiger partial charge in [-0.15, -0.1) is 9.05 Å². The van der Waals surface area contributed by atoms with Gasteiger partial charge in [0.2, 0.25) is 0 Å². The van der Waals surface area contributed by atoms with Crippen LogP contribution in [-0.2, 0) is 26.9 Å². The van der Waals surface area contributed by atoms with Crippen LogP contribution in [0.1, 0.15) is 13.3 Å². The minimum atomic E-state index is -2.62. The predicted octanol–water partition coefficient (Wildman–Crippen LogP) is 1.97. The lowest BCUT2D eigenvalue weighted by Gasteiger charge is -2.29. The maximum atomic E-state index is 10.9. The summed E-state index contributed by atoms with van der Waals surface area (Å²) in [6, 6.07) is 0. The normalized spacial score (nSPS) is 14.9. The maximum absolute atomic E-state index is 10.9. The highest BCUT2D eigenvalue weighted by Crippen LogP contribution is 2.29. The molecule has 0 aliphatic heterocycles. The van der Waals surface area contributed by atoms with Gasteiger partial charge in [0.15, 0.2) is 0 Å². The van der Waals surface area contributed by atoms with Crippen LogP contribution in [0.2, 0.25) is 5.54 Å². The van der Waals surface area contributed by atoms with Crippen LogP contribution in [0.4, 0.5) is 0 Å². The summed E-state index contributed by atoms with van der Waals surface area (Å²) < 4.78 is 36.3. The molecule has 0 saturated heterocycles. The van der Waals surface area contributed by atoms with Crippen molar-refractivity contribution in [1.29, 1.82) is 0 Å². The molecule has 0 saturated carbocycles. The summed E-state index contributed by atoms with van der Waals surface area (Å²) in [6.45, 7) is 2.26. The van der Waals surface area contributed by atoms with Gasteiger partial charge in [0.05, 0.1) is 7.11 Å². The fourth-order valence-corrected chi connectivity index (χ4v) is 3.93. The molecule has 0 heterocycles. The molecule has 0 aromatic carbocycles. The first-order chi connectivity index (χ1) is 7.56. The van der Waals surface area contributed by atoms with Gasteiger partial charge in [0.1, 0.15) is 6.61 Å². The molecule has 0 N–H and O–H groups in total. The van der Waals surface area contributed by atoms with Crippen molar-refractivity contribution in [3.8, 4) is 0 Å². The minimum Gasteiger partial charge on any atom is -0.377 e. The quantitative estimate of drug-likeness (QED) is 0.472. The van der Waals surface area contributed by atoms with E-state index in [1.165, 1.54) is 7.11 Å². The zero-order chi connectivity index (χ0) is 12.6. The summed E-state index contributed by atoms with van der Waals surface area (Å²) in [6.07, 6.45) is 0.631. The van der Waals surface area contributed by atoms with E-state index in [9.17, 15) is 4.57 Å². The fraction of sp³-hybridized carbons (Fsp3) is 1.00. The van der Waals surface area contributed by atoms with Crippen molar-refractivity contribution in [3.05, 3.63) is 0 Å². The van der Waals surface area contributed by atoms with Gasteiger partial charge in [-0.05, 0) is 6.42 Å². The van der Waals surface area contributed by atoms with Crippen LogP contribution in [-0.4, -0.2) is 43.9 Å². The van der Waals surface area contributed by atoms with Crippen molar-refractivity contribution in [2.45, 2.75) is 18.9 Å². The smallest absolute Gasteiger partial charge is 0.377 e. The van der Waals surface area contributed by atoms with E-state index in [1.54, 1.807) is 21.3 Å². The topological polar surface area (TPSA) is 63.2 Å². The predicted molar refractivity (Wildman–Crippen MR) is 61.4 cm³/mol.